The van der Waals surface area contributed by atoms with Crippen LogP contribution in [0.2, 0.25) is 0 Å². The molecule has 7 heteroatoms. The first-order valence-electron chi connectivity index (χ1n) is 5.98. The van der Waals surface area contributed by atoms with Crippen molar-refractivity contribution in [2.24, 2.45) is 0 Å². The Morgan fingerprint density at radius 1 is 1.35 bits per heavy atom. The molecule has 3 aromatic heterocycles. The van der Waals surface area contributed by atoms with Crippen LogP contribution in [-0.2, 0) is 4.79 Å². The van der Waals surface area contributed by atoms with E-state index in [-0.39, 0.29) is 5.91 Å². The molecule has 0 fully saturated rings. The highest BCUT2D eigenvalue weighted by Crippen LogP contribution is 2.21. The average molecular weight is 268 g/mol. The summed E-state index contributed by atoms with van der Waals surface area (Å²) < 4.78 is 1.69. The van der Waals surface area contributed by atoms with E-state index >= 15 is 0 Å². The first kappa shape index (κ1) is 12.1. The molecule has 1 amide bonds. The second-order valence-corrected chi connectivity index (χ2v) is 4.28. The van der Waals surface area contributed by atoms with Gasteiger partial charge in [-0.25, -0.2) is 14.5 Å². The van der Waals surface area contributed by atoms with E-state index < -0.39 is 0 Å². The normalized spacial score (nSPS) is 10.7. The number of amides is 1. The molecule has 0 aliphatic carbocycles. The van der Waals surface area contributed by atoms with Gasteiger partial charge in [-0.15, -0.1) is 0 Å². The Morgan fingerprint density at radius 2 is 2.20 bits per heavy atom. The summed E-state index contributed by atoms with van der Waals surface area (Å²) in [5.41, 5.74) is 8.09. The lowest BCUT2D eigenvalue weighted by Crippen LogP contribution is -2.07. The van der Waals surface area contributed by atoms with Crippen LogP contribution in [0.15, 0.2) is 36.7 Å². The number of hydrogen-bond donors (Lipinski definition) is 2. The molecule has 0 aliphatic rings. The van der Waals surface area contributed by atoms with E-state index in [9.17, 15) is 4.79 Å². The fraction of sp³-hybridized carbons (Fsp3) is 0.0769. The molecule has 0 saturated heterocycles. The minimum atomic E-state index is -0.159. The van der Waals surface area contributed by atoms with E-state index in [1.807, 2.05) is 6.07 Å². The number of rotatable bonds is 2. The minimum absolute atomic E-state index is 0.159. The standard InChI is InChI=1S/C13H12N6O/c1-8(20)17-12-3-2-9(7-15-12)10-6-11(14)18-13-4-5-16-19(10)13/h2-7H,1H3,(H2,14,18)(H,15,17,20). The third-order valence-electron chi connectivity index (χ3n) is 2.74. The molecule has 3 heterocycles. The minimum Gasteiger partial charge on any atom is -0.384 e. The van der Waals surface area contributed by atoms with Gasteiger partial charge < -0.3 is 11.1 Å². The van der Waals surface area contributed by atoms with Crippen LogP contribution >= 0.6 is 0 Å². The number of carbonyl (C=O) groups is 1. The molecule has 0 bridgehead atoms. The monoisotopic (exact) mass is 268 g/mol. The maximum absolute atomic E-state index is 11.0. The van der Waals surface area contributed by atoms with Crippen molar-refractivity contribution in [1.29, 1.82) is 0 Å². The molecule has 0 spiro atoms. The van der Waals surface area contributed by atoms with Crippen LogP contribution in [0.25, 0.3) is 16.9 Å². The Bertz CT molecular complexity index is 777. The smallest absolute Gasteiger partial charge is 0.222 e. The molecule has 0 aliphatic heterocycles. The number of nitrogens with one attached hydrogen (secondary N) is 1. The van der Waals surface area contributed by atoms with Crippen LogP contribution in [-0.4, -0.2) is 25.5 Å². The number of nitrogen functional groups attached to an aromatic ring is 1. The zero-order chi connectivity index (χ0) is 14.1. The van der Waals surface area contributed by atoms with Gasteiger partial charge in [-0.1, -0.05) is 0 Å². The Labute approximate surface area is 114 Å². The highest BCUT2D eigenvalue weighted by molar-refractivity contribution is 5.87. The second kappa shape index (κ2) is 4.61. The summed E-state index contributed by atoms with van der Waals surface area (Å²) in [5, 5.41) is 6.83. The van der Waals surface area contributed by atoms with Crippen molar-refractivity contribution in [3.05, 3.63) is 36.7 Å². The highest BCUT2D eigenvalue weighted by atomic mass is 16.1. The van der Waals surface area contributed by atoms with Gasteiger partial charge in [-0.3, -0.25) is 4.79 Å². The lowest BCUT2D eigenvalue weighted by atomic mass is 10.2. The number of nitrogens with zero attached hydrogens (tertiary/aromatic N) is 4. The van der Waals surface area contributed by atoms with E-state index in [0.717, 1.165) is 11.3 Å². The molecule has 20 heavy (non-hydrogen) atoms. The fourth-order valence-electron chi connectivity index (χ4n) is 1.94. The lowest BCUT2D eigenvalue weighted by molar-refractivity contribution is -0.114. The topological polar surface area (TPSA) is 98.2 Å². The van der Waals surface area contributed by atoms with Gasteiger partial charge in [0.2, 0.25) is 5.91 Å². The van der Waals surface area contributed by atoms with Crippen molar-refractivity contribution < 1.29 is 4.79 Å². The number of fused-ring (bicyclic) bond motifs is 1. The van der Waals surface area contributed by atoms with Crippen LogP contribution in [0, 0.1) is 0 Å². The SMILES string of the molecule is CC(=O)Nc1ccc(-c2cc(N)nc3ccnn23)cn1. The van der Waals surface area contributed by atoms with Crippen LogP contribution in [0.3, 0.4) is 0 Å². The Morgan fingerprint density at radius 3 is 2.90 bits per heavy atom. The molecular formula is C13H12N6O. The summed E-state index contributed by atoms with van der Waals surface area (Å²) in [4.78, 5) is 19.3. The number of anilines is 2. The molecule has 3 N–H and O–H groups in total. The Balaban J connectivity index is 2.06. The third-order valence-corrected chi connectivity index (χ3v) is 2.74. The molecule has 3 rings (SSSR count). The number of aromatic nitrogens is 4. The number of nitrogens with two attached hydrogens (primary N) is 1. The first-order chi connectivity index (χ1) is 9.63. The van der Waals surface area contributed by atoms with Crippen LogP contribution in [0.1, 0.15) is 6.92 Å². The lowest BCUT2D eigenvalue weighted by Gasteiger charge is -2.07. The third kappa shape index (κ3) is 2.16. The van der Waals surface area contributed by atoms with E-state index in [2.05, 4.69) is 20.4 Å². The molecule has 0 saturated carbocycles. The largest absolute Gasteiger partial charge is 0.384 e. The van der Waals surface area contributed by atoms with Crippen molar-refractivity contribution in [3.63, 3.8) is 0 Å². The molecule has 3 aromatic rings. The molecule has 0 radical (unpaired) electrons. The molecule has 7 nitrogen and oxygen atoms in total. The summed E-state index contributed by atoms with van der Waals surface area (Å²) in [6, 6.07) is 7.07. The van der Waals surface area contributed by atoms with Crippen LogP contribution < -0.4 is 11.1 Å². The van der Waals surface area contributed by atoms with E-state index in [1.165, 1.54) is 6.92 Å². The first-order valence-corrected chi connectivity index (χ1v) is 5.98. The fourth-order valence-corrected chi connectivity index (χ4v) is 1.94. The van der Waals surface area contributed by atoms with Gasteiger partial charge in [0.25, 0.3) is 0 Å². The van der Waals surface area contributed by atoms with Gasteiger partial charge >= 0.3 is 0 Å². The second-order valence-electron chi connectivity index (χ2n) is 4.28. The van der Waals surface area contributed by atoms with Crippen molar-refractivity contribution >= 4 is 23.2 Å². The molecule has 0 aromatic carbocycles. The van der Waals surface area contributed by atoms with E-state index in [0.29, 0.717) is 17.3 Å². The van der Waals surface area contributed by atoms with Gasteiger partial charge in [0.1, 0.15) is 11.6 Å². The highest BCUT2D eigenvalue weighted by Gasteiger charge is 2.08. The van der Waals surface area contributed by atoms with Gasteiger partial charge in [-0.05, 0) is 12.1 Å². The van der Waals surface area contributed by atoms with Gasteiger partial charge in [0.15, 0.2) is 5.65 Å². The number of hydrogen-bond acceptors (Lipinski definition) is 5. The van der Waals surface area contributed by atoms with Crippen molar-refractivity contribution in [1.82, 2.24) is 19.6 Å². The zero-order valence-electron chi connectivity index (χ0n) is 10.7. The summed E-state index contributed by atoms with van der Waals surface area (Å²) in [5.74, 6) is 0.756. The van der Waals surface area contributed by atoms with Crippen molar-refractivity contribution in [2.45, 2.75) is 6.92 Å². The maximum Gasteiger partial charge on any atom is 0.222 e. The predicted octanol–water partition coefficient (Wildman–Crippen LogP) is 1.33. The van der Waals surface area contributed by atoms with Crippen LogP contribution in [0.5, 0.6) is 0 Å². The summed E-state index contributed by atoms with van der Waals surface area (Å²) >= 11 is 0. The molecule has 0 atom stereocenters. The quantitative estimate of drug-likeness (QED) is 0.730. The van der Waals surface area contributed by atoms with E-state index in [4.69, 9.17) is 5.73 Å². The van der Waals surface area contributed by atoms with Gasteiger partial charge in [0, 0.05) is 30.8 Å². The van der Waals surface area contributed by atoms with Gasteiger partial charge in [-0.2, -0.15) is 5.10 Å². The summed E-state index contributed by atoms with van der Waals surface area (Å²) in [6.45, 7) is 1.44. The Hall–Kier alpha value is -2.96. The predicted molar refractivity (Wildman–Crippen MR) is 74.9 cm³/mol. The van der Waals surface area contributed by atoms with Crippen molar-refractivity contribution in [3.8, 4) is 11.3 Å². The summed E-state index contributed by atoms with van der Waals surface area (Å²) in [7, 11) is 0. The molecule has 0 unspecified atom stereocenters. The number of pyridine rings is 1. The molecule has 100 valence electrons. The van der Waals surface area contributed by atoms with Crippen LogP contribution in [0.4, 0.5) is 11.6 Å². The van der Waals surface area contributed by atoms with Gasteiger partial charge in [0.05, 0.1) is 11.9 Å². The summed E-state index contributed by atoms with van der Waals surface area (Å²) in [6.07, 6.45) is 3.31. The van der Waals surface area contributed by atoms with Crippen molar-refractivity contribution in [2.75, 3.05) is 11.1 Å². The average Bonchev–Trinajstić information content (AvgIpc) is 2.86. The number of carbonyl (C=O) groups excluding carboxylic acids is 1. The van der Waals surface area contributed by atoms with E-state index in [1.54, 1.807) is 35.1 Å². The Kier molecular flexibility index (Phi) is 2.79. The molecular weight excluding hydrogens is 256 g/mol. The maximum atomic E-state index is 11.0. The zero-order valence-corrected chi connectivity index (χ0v) is 10.7.